The minimum atomic E-state index is -1.10. The van der Waals surface area contributed by atoms with Gasteiger partial charge in [0.25, 0.3) is 0 Å². The normalized spacial score (nSPS) is 26.3. The number of hydrogen-bond donors (Lipinski definition) is 2. The Labute approximate surface area is 363 Å². The average Bonchev–Trinajstić information content (AvgIpc) is 3.29. The predicted octanol–water partition coefficient (Wildman–Crippen LogP) is 11.7. The molecule has 2 aliphatic carbocycles. The molecule has 1 saturated carbocycles. The van der Waals surface area contributed by atoms with Crippen molar-refractivity contribution in [1.29, 1.82) is 0 Å². The van der Waals surface area contributed by atoms with Gasteiger partial charge in [0.1, 0.15) is 17.2 Å². The number of rotatable bonds is 17. The second kappa shape index (κ2) is 19.2. The SMILES string of the molecule is C=CCO[C@@]12Oc3ccc(Oc4ccc5ccccc5c4)cc3[C@H]3[C@H](CCCCO)[C@@H](CCCCO)C=C(C(=NOC4CCCCO4)C[C@@H]1Sc1ccc4ccccc4c1)[C@H]32. The van der Waals surface area contributed by atoms with Crippen LogP contribution in [0.25, 0.3) is 21.5 Å². The van der Waals surface area contributed by atoms with Crippen molar-refractivity contribution in [2.24, 2.45) is 22.9 Å². The van der Waals surface area contributed by atoms with Gasteiger partial charge in [-0.05, 0) is 120 Å². The maximum atomic E-state index is 10.0. The first-order valence-electron chi connectivity index (χ1n) is 22.2. The summed E-state index contributed by atoms with van der Waals surface area (Å²) in [5.41, 5.74) is 3.08. The Kier molecular flexibility index (Phi) is 13.1. The van der Waals surface area contributed by atoms with Gasteiger partial charge in [-0.3, -0.25) is 0 Å². The predicted molar refractivity (Wildman–Crippen MR) is 243 cm³/mol. The highest BCUT2D eigenvalue weighted by molar-refractivity contribution is 8.00. The molecule has 9 rings (SSSR count). The van der Waals surface area contributed by atoms with Crippen LogP contribution in [0.15, 0.2) is 137 Å². The van der Waals surface area contributed by atoms with Gasteiger partial charge in [0, 0.05) is 42.4 Å². The van der Waals surface area contributed by atoms with Gasteiger partial charge in [-0.2, -0.15) is 0 Å². The molecule has 0 spiro atoms. The van der Waals surface area contributed by atoms with E-state index in [4.69, 9.17) is 28.9 Å². The van der Waals surface area contributed by atoms with E-state index in [0.29, 0.717) is 19.6 Å². The summed E-state index contributed by atoms with van der Waals surface area (Å²) in [6.45, 7) is 5.38. The summed E-state index contributed by atoms with van der Waals surface area (Å²) in [6, 6.07) is 35.9. The zero-order valence-electron chi connectivity index (χ0n) is 34.8. The summed E-state index contributed by atoms with van der Waals surface area (Å²) in [6.07, 6.45) is 12.3. The minimum Gasteiger partial charge on any atom is -0.460 e. The molecule has 8 nitrogen and oxygen atoms in total. The molecule has 9 heteroatoms. The number of allylic oxidation sites excluding steroid dienone is 1. The number of hydrogen-bond acceptors (Lipinski definition) is 9. The van der Waals surface area contributed by atoms with Crippen LogP contribution in [0.4, 0.5) is 0 Å². The molecule has 4 aliphatic rings. The molecule has 0 bridgehead atoms. The highest BCUT2D eigenvalue weighted by Gasteiger charge is 2.64. The largest absolute Gasteiger partial charge is 0.460 e. The zero-order valence-corrected chi connectivity index (χ0v) is 35.6. The van der Waals surface area contributed by atoms with Crippen molar-refractivity contribution in [1.82, 2.24) is 0 Å². The Morgan fingerprint density at radius 2 is 1.52 bits per heavy atom. The number of thioether (sulfide) groups is 1. The van der Waals surface area contributed by atoms with E-state index in [2.05, 4.69) is 91.5 Å². The van der Waals surface area contributed by atoms with E-state index in [1.54, 1.807) is 11.8 Å². The molecule has 7 atom stereocenters. The van der Waals surface area contributed by atoms with Crippen LogP contribution >= 0.6 is 11.8 Å². The van der Waals surface area contributed by atoms with Crippen LogP contribution in [0.1, 0.15) is 75.7 Å². The lowest BCUT2D eigenvalue weighted by molar-refractivity contribution is -0.223. The second-order valence-corrected chi connectivity index (χ2v) is 18.2. The Morgan fingerprint density at radius 1 is 0.803 bits per heavy atom. The molecule has 0 radical (unpaired) electrons. The maximum absolute atomic E-state index is 10.0. The monoisotopic (exact) mass is 839 g/mol. The van der Waals surface area contributed by atoms with Crippen LogP contribution in [0, 0.1) is 17.8 Å². The first kappa shape index (κ1) is 41.7. The number of benzene rings is 5. The molecule has 5 aromatic carbocycles. The third kappa shape index (κ3) is 8.86. The average molecular weight is 840 g/mol. The molecule has 2 N–H and O–H groups in total. The van der Waals surface area contributed by atoms with E-state index < -0.39 is 5.79 Å². The fourth-order valence-electron chi connectivity index (χ4n) is 10.2. The van der Waals surface area contributed by atoms with E-state index in [0.717, 1.165) is 108 Å². The molecule has 318 valence electrons. The van der Waals surface area contributed by atoms with Crippen molar-refractivity contribution >= 4 is 39.0 Å². The Bertz CT molecular complexity index is 2370. The first-order chi connectivity index (χ1) is 30.1. The maximum Gasteiger partial charge on any atom is 0.231 e. The van der Waals surface area contributed by atoms with Crippen LogP contribution in [-0.2, 0) is 14.3 Å². The number of unbranched alkanes of at least 4 members (excludes halogenated alkanes) is 2. The quantitative estimate of drug-likeness (QED) is 0.0543. The molecular weight excluding hydrogens is 783 g/mol. The number of oxime groups is 1. The van der Waals surface area contributed by atoms with Gasteiger partial charge >= 0.3 is 0 Å². The van der Waals surface area contributed by atoms with Gasteiger partial charge in [-0.25, -0.2) is 0 Å². The number of fused-ring (bicyclic) bond motifs is 4. The van der Waals surface area contributed by atoms with E-state index in [-0.39, 0.29) is 48.4 Å². The number of aliphatic hydroxyl groups is 2. The summed E-state index contributed by atoms with van der Waals surface area (Å²) in [4.78, 5) is 7.45. The Balaban J connectivity index is 1.20. The van der Waals surface area contributed by atoms with Gasteiger partial charge in [0.05, 0.1) is 30.1 Å². The van der Waals surface area contributed by atoms with Crippen molar-refractivity contribution < 1.29 is 34.0 Å². The van der Waals surface area contributed by atoms with Crippen LogP contribution in [-0.4, -0.2) is 59.7 Å². The highest BCUT2D eigenvalue weighted by Crippen LogP contribution is 2.63. The summed E-state index contributed by atoms with van der Waals surface area (Å²) in [5, 5.41) is 29.4. The third-order valence-corrected chi connectivity index (χ3v) is 14.3. The number of nitrogens with zero attached hydrogens (tertiary/aromatic N) is 1. The van der Waals surface area contributed by atoms with Crippen LogP contribution < -0.4 is 9.47 Å². The number of ether oxygens (including phenoxy) is 4. The van der Waals surface area contributed by atoms with Crippen molar-refractivity contribution in [2.45, 2.75) is 92.3 Å². The smallest absolute Gasteiger partial charge is 0.231 e. The Morgan fingerprint density at radius 3 is 2.28 bits per heavy atom. The van der Waals surface area contributed by atoms with Crippen molar-refractivity contribution in [3.05, 3.63) is 133 Å². The molecule has 61 heavy (non-hydrogen) atoms. The van der Waals surface area contributed by atoms with Gasteiger partial charge in [0.15, 0.2) is 0 Å². The Hall–Kier alpha value is -4.64. The summed E-state index contributed by atoms with van der Waals surface area (Å²) < 4.78 is 27.4. The van der Waals surface area contributed by atoms with E-state index in [1.807, 2.05) is 30.3 Å². The molecule has 1 unspecified atom stereocenters. The second-order valence-electron chi connectivity index (χ2n) is 16.9. The summed E-state index contributed by atoms with van der Waals surface area (Å²) in [7, 11) is 0. The molecule has 2 aliphatic heterocycles. The van der Waals surface area contributed by atoms with Crippen molar-refractivity contribution in [3.8, 4) is 17.2 Å². The van der Waals surface area contributed by atoms with Crippen molar-refractivity contribution in [2.75, 3.05) is 26.4 Å². The molecule has 0 amide bonds. The van der Waals surface area contributed by atoms with E-state index in [1.165, 1.54) is 10.8 Å². The first-order valence-corrected chi connectivity index (χ1v) is 23.1. The highest BCUT2D eigenvalue weighted by atomic mass is 32.2. The third-order valence-electron chi connectivity index (χ3n) is 13.0. The fourth-order valence-corrected chi connectivity index (χ4v) is 11.5. The molecule has 2 heterocycles. The lowest BCUT2D eigenvalue weighted by atomic mass is 9.56. The minimum absolute atomic E-state index is 0.0531. The van der Waals surface area contributed by atoms with E-state index >= 15 is 0 Å². The standard InChI is InChI=1S/C52H57NO7S/c1-2-28-57-52-48(61-42-24-21-36-14-4-6-16-38(36)31-42)34-46(53-60-49-19-9-12-29-56-49)44-32-39(17-7-10-26-54)43(18-8-11-27-55)50(51(44)52)45-33-41(23-25-47(45)59-52)58-40-22-20-35-13-3-5-15-37(35)30-40/h2-6,13-16,20-25,30-33,39,43,48-51,54-55H,1,7-12,17-19,26-29,34H2/t39-,43+,48-,49?,50+,51+,52+/m0/s1. The molecule has 2 fully saturated rings. The van der Waals surface area contributed by atoms with Crippen LogP contribution in [0.2, 0.25) is 0 Å². The fraction of sp³-hybridized carbons (Fsp3) is 0.404. The number of aliphatic hydroxyl groups excluding tert-OH is 2. The van der Waals surface area contributed by atoms with Gasteiger partial charge in [-0.1, -0.05) is 90.8 Å². The molecule has 1 saturated heterocycles. The van der Waals surface area contributed by atoms with Crippen molar-refractivity contribution in [3.63, 3.8) is 0 Å². The molecular formula is C52H57NO7S. The van der Waals surface area contributed by atoms with Gasteiger partial charge < -0.3 is 34.0 Å². The topological polar surface area (TPSA) is 99.0 Å². The van der Waals surface area contributed by atoms with Crippen LogP contribution in [0.3, 0.4) is 0 Å². The zero-order chi connectivity index (χ0) is 41.6. The summed E-state index contributed by atoms with van der Waals surface area (Å²) >= 11 is 1.77. The van der Waals surface area contributed by atoms with Gasteiger partial charge in [-0.15, -0.1) is 18.3 Å². The van der Waals surface area contributed by atoms with Gasteiger partial charge in [0.2, 0.25) is 12.1 Å². The summed E-state index contributed by atoms with van der Waals surface area (Å²) in [5.74, 6) is 1.24. The molecule has 0 aromatic heterocycles. The lowest BCUT2D eigenvalue weighted by Gasteiger charge is -2.58. The molecule has 5 aromatic rings. The van der Waals surface area contributed by atoms with Crippen LogP contribution in [0.5, 0.6) is 17.2 Å². The van der Waals surface area contributed by atoms with E-state index in [9.17, 15) is 10.2 Å². The lowest BCUT2D eigenvalue weighted by Crippen LogP contribution is -2.64.